The van der Waals surface area contributed by atoms with Gasteiger partial charge in [0, 0.05) is 10.9 Å². The molecule has 0 saturated carbocycles. The molecule has 0 aliphatic rings. The zero-order chi connectivity index (χ0) is 6.57. The van der Waals surface area contributed by atoms with E-state index in [-0.39, 0.29) is 0 Å². The highest BCUT2D eigenvalue weighted by Gasteiger charge is 2.01. The summed E-state index contributed by atoms with van der Waals surface area (Å²) < 4.78 is 4.25. The molecule has 0 heterocycles. The second-order valence-electron chi connectivity index (χ2n) is 1.14. The Morgan fingerprint density at radius 3 is 2.50 bits per heavy atom. The van der Waals surface area contributed by atoms with Gasteiger partial charge in [0.25, 0.3) is 0 Å². The minimum Gasteiger partial charge on any atom is -0.448 e. The second-order valence-corrected chi connectivity index (χ2v) is 1.94. The molecule has 0 amide bonds. The van der Waals surface area contributed by atoms with Gasteiger partial charge in [0.05, 0.1) is 9.47 Å². The van der Waals surface area contributed by atoms with E-state index >= 15 is 0 Å². The van der Waals surface area contributed by atoms with E-state index in [0.29, 0.717) is 10.9 Å². The molecule has 0 aliphatic carbocycles. The van der Waals surface area contributed by atoms with Crippen LogP contribution in [0.3, 0.4) is 0 Å². The van der Waals surface area contributed by atoms with Gasteiger partial charge >= 0.3 is 5.97 Å². The van der Waals surface area contributed by atoms with Crippen molar-refractivity contribution in [2.45, 2.75) is 0 Å². The smallest absolute Gasteiger partial charge is 0.336 e. The minimum atomic E-state index is -0.396. The summed E-state index contributed by atoms with van der Waals surface area (Å²) in [6, 6.07) is 0. The van der Waals surface area contributed by atoms with Crippen molar-refractivity contribution in [1.29, 1.82) is 0 Å². The van der Waals surface area contributed by atoms with Gasteiger partial charge in [0.1, 0.15) is 0 Å². The summed E-state index contributed by atoms with van der Waals surface area (Å²) in [7, 11) is 1.86. The van der Waals surface area contributed by atoms with Crippen LogP contribution in [-0.2, 0) is 9.32 Å². The molecule has 0 aromatic rings. The van der Waals surface area contributed by atoms with Gasteiger partial charge in [-0.25, -0.2) is 4.79 Å². The summed E-state index contributed by atoms with van der Waals surface area (Å²) >= 11 is 3.05. The predicted octanol–water partition coefficient (Wildman–Crippen LogP) is 1.27. The van der Waals surface area contributed by atoms with Crippen LogP contribution < -0.4 is 0 Å². The predicted molar refractivity (Wildman–Crippen MR) is 38.7 cm³/mol. The molecule has 0 radical (unpaired) electrons. The normalized spacial score (nSPS) is 8.25. The average Bonchev–Trinajstić information content (AvgIpc) is 1.84. The lowest BCUT2D eigenvalue weighted by Crippen LogP contribution is -2.00. The Balaban J connectivity index is 3.64. The van der Waals surface area contributed by atoms with Crippen LogP contribution in [-0.4, -0.2) is 11.3 Å². The number of hydrogen-bond donors (Lipinski definition) is 0. The van der Waals surface area contributed by atoms with Crippen LogP contribution in [0.25, 0.3) is 0 Å². The highest BCUT2D eigenvalue weighted by Crippen LogP contribution is 2.01. The van der Waals surface area contributed by atoms with Crippen LogP contribution in [0.15, 0.2) is 12.2 Å². The topological polar surface area (TPSA) is 26.3 Å². The molecule has 0 aliphatic heterocycles. The van der Waals surface area contributed by atoms with Crippen LogP contribution in [0.4, 0.5) is 0 Å². The van der Waals surface area contributed by atoms with Gasteiger partial charge in [-0.3, -0.25) is 0 Å². The first-order valence-corrected chi connectivity index (χ1v) is 3.46. The fraction of sp³-hybridized carbons (Fsp3) is 0.250. The van der Waals surface area contributed by atoms with E-state index in [0.717, 1.165) is 0 Å². The Kier molecular flexibility index (Phi) is 4.11. The fourth-order valence-corrected chi connectivity index (χ4v) is 0.533. The van der Waals surface area contributed by atoms with E-state index in [4.69, 9.17) is 0 Å². The number of alkyl halides is 1. The molecular formula is C4H6BrO2P. The molecule has 1 unspecified atom stereocenters. The van der Waals surface area contributed by atoms with Crippen molar-refractivity contribution >= 4 is 31.4 Å². The molecule has 0 aromatic carbocycles. The fourth-order valence-electron chi connectivity index (χ4n) is 0.138. The number of carbonyl (C=O) groups is 1. The monoisotopic (exact) mass is 196 g/mol. The van der Waals surface area contributed by atoms with Crippen molar-refractivity contribution in [1.82, 2.24) is 0 Å². The summed E-state index contributed by atoms with van der Waals surface area (Å²) in [5.41, 5.74) is 0.417. The molecule has 0 N–H and O–H groups in total. The summed E-state index contributed by atoms with van der Waals surface area (Å²) in [4.78, 5) is 10.4. The lowest BCUT2D eigenvalue weighted by atomic mass is 10.4. The van der Waals surface area contributed by atoms with Gasteiger partial charge < -0.3 is 4.52 Å². The minimum absolute atomic E-state index is 0.396. The van der Waals surface area contributed by atoms with Crippen LogP contribution in [0.5, 0.6) is 0 Å². The number of rotatable bonds is 2. The Labute approximate surface area is 58.7 Å². The van der Waals surface area contributed by atoms with Crippen LogP contribution in [0, 0.1) is 0 Å². The van der Waals surface area contributed by atoms with Crippen LogP contribution in [0.2, 0.25) is 0 Å². The second kappa shape index (κ2) is 4.04. The third-order valence-electron chi connectivity index (χ3n) is 0.557. The van der Waals surface area contributed by atoms with E-state index in [2.05, 4.69) is 27.0 Å². The van der Waals surface area contributed by atoms with Gasteiger partial charge in [-0.1, -0.05) is 22.5 Å². The largest absolute Gasteiger partial charge is 0.448 e. The van der Waals surface area contributed by atoms with Crippen molar-refractivity contribution < 1.29 is 9.32 Å². The molecule has 2 nitrogen and oxygen atoms in total. The molecule has 0 bridgehead atoms. The van der Waals surface area contributed by atoms with Gasteiger partial charge in [-0.2, -0.15) is 0 Å². The Bertz CT molecular complexity index is 98.6. The molecule has 46 valence electrons. The Hall–Kier alpha value is 0.120. The average molecular weight is 197 g/mol. The van der Waals surface area contributed by atoms with E-state index in [1.165, 1.54) is 0 Å². The van der Waals surface area contributed by atoms with E-state index in [1.807, 2.05) is 9.47 Å². The zero-order valence-corrected chi connectivity index (χ0v) is 6.93. The van der Waals surface area contributed by atoms with Gasteiger partial charge in [-0.05, 0) is 0 Å². The first kappa shape index (κ1) is 8.12. The highest BCUT2D eigenvalue weighted by molar-refractivity contribution is 9.09. The molecule has 0 aromatic heterocycles. The number of carbonyl (C=O) groups excluding carboxylic acids is 1. The van der Waals surface area contributed by atoms with Crippen molar-refractivity contribution in [2.24, 2.45) is 0 Å². The number of halogens is 1. The van der Waals surface area contributed by atoms with Gasteiger partial charge in [0.15, 0.2) is 0 Å². The molecular weight excluding hydrogens is 191 g/mol. The van der Waals surface area contributed by atoms with E-state index in [1.54, 1.807) is 0 Å². The van der Waals surface area contributed by atoms with Crippen molar-refractivity contribution in [3.05, 3.63) is 12.2 Å². The van der Waals surface area contributed by atoms with Crippen molar-refractivity contribution in [3.63, 3.8) is 0 Å². The number of hydrogen-bond acceptors (Lipinski definition) is 2. The Morgan fingerprint density at radius 2 is 2.38 bits per heavy atom. The molecule has 4 heteroatoms. The molecule has 0 rings (SSSR count). The molecule has 0 saturated heterocycles. The maximum atomic E-state index is 10.4. The van der Waals surface area contributed by atoms with Gasteiger partial charge in [0.2, 0.25) is 0 Å². The van der Waals surface area contributed by atoms with Crippen LogP contribution in [0.1, 0.15) is 0 Å². The van der Waals surface area contributed by atoms with E-state index < -0.39 is 5.97 Å². The van der Waals surface area contributed by atoms with E-state index in [9.17, 15) is 4.79 Å². The summed E-state index contributed by atoms with van der Waals surface area (Å²) in [5, 5.41) is 0.459. The maximum Gasteiger partial charge on any atom is 0.336 e. The summed E-state index contributed by atoms with van der Waals surface area (Å²) in [6.45, 7) is 3.41. The first-order chi connectivity index (χ1) is 3.72. The van der Waals surface area contributed by atoms with Crippen molar-refractivity contribution in [3.8, 4) is 0 Å². The Morgan fingerprint density at radius 1 is 1.88 bits per heavy atom. The summed E-state index contributed by atoms with van der Waals surface area (Å²) in [5.74, 6) is -0.396. The zero-order valence-electron chi connectivity index (χ0n) is 4.19. The SMILES string of the molecule is C=C(CBr)C(=O)OP. The third-order valence-corrected chi connectivity index (χ3v) is 1.45. The first-order valence-electron chi connectivity index (χ1n) is 1.87. The molecule has 8 heavy (non-hydrogen) atoms. The lowest BCUT2D eigenvalue weighted by molar-refractivity contribution is -0.128. The lowest BCUT2D eigenvalue weighted by Gasteiger charge is -1.94. The molecule has 0 fully saturated rings. The third kappa shape index (κ3) is 2.43. The molecule has 0 spiro atoms. The quantitative estimate of drug-likeness (QED) is 0.378. The molecule has 1 atom stereocenters. The maximum absolute atomic E-state index is 10.4. The standard InChI is InChI=1S/C4H6BrO2P/c1-3(2-5)4(6)7-8/h1-2,8H2. The van der Waals surface area contributed by atoms with Gasteiger partial charge in [-0.15, -0.1) is 0 Å². The van der Waals surface area contributed by atoms with Crippen molar-refractivity contribution in [2.75, 3.05) is 5.33 Å². The van der Waals surface area contributed by atoms with Crippen LogP contribution >= 0.6 is 25.4 Å². The highest BCUT2D eigenvalue weighted by atomic mass is 79.9. The summed E-state index contributed by atoms with van der Waals surface area (Å²) in [6.07, 6.45) is 0.